The van der Waals surface area contributed by atoms with Gasteiger partial charge in [0.15, 0.2) is 0 Å². The van der Waals surface area contributed by atoms with E-state index in [0.29, 0.717) is 23.2 Å². The molecular weight excluding hydrogens is 450 g/mol. The van der Waals surface area contributed by atoms with Gasteiger partial charge in [0.2, 0.25) is 5.88 Å². The predicted molar refractivity (Wildman–Crippen MR) is 130 cm³/mol. The molecule has 34 heavy (non-hydrogen) atoms. The van der Waals surface area contributed by atoms with Gasteiger partial charge in [-0.3, -0.25) is 9.59 Å². The first-order valence-corrected chi connectivity index (χ1v) is 13.7. The van der Waals surface area contributed by atoms with E-state index >= 15 is 0 Å². The fourth-order valence-corrected chi connectivity index (χ4v) is 9.18. The van der Waals surface area contributed by atoms with Crippen molar-refractivity contribution in [3.63, 3.8) is 0 Å². The predicted octanol–water partition coefficient (Wildman–Crippen LogP) is 5.97. The van der Waals surface area contributed by atoms with Gasteiger partial charge in [-0.05, 0) is 73.5 Å². The largest absolute Gasteiger partial charge is 0.481 e. The lowest BCUT2D eigenvalue weighted by molar-refractivity contribution is -0.154. The summed E-state index contributed by atoms with van der Waals surface area (Å²) < 4.78 is 11.0. The van der Waals surface area contributed by atoms with E-state index in [-0.39, 0.29) is 30.3 Å². The molecule has 1 aromatic rings. The number of carbonyl (C=O) groups is 2. The maximum Gasteiger partial charge on any atom is 0.306 e. The van der Waals surface area contributed by atoms with Crippen molar-refractivity contribution in [2.75, 3.05) is 7.11 Å². The van der Waals surface area contributed by atoms with Gasteiger partial charge in [-0.1, -0.05) is 25.5 Å². The summed E-state index contributed by atoms with van der Waals surface area (Å²) in [6, 6.07) is 0. The molecule has 0 radical (unpaired) electrons. The highest BCUT2D eigenvalue weighted by atomic mass is 32.1. The number of fused-ring (bicyclic) bond motifs is 5. The first-order chi connectivity index (χ1) is 16.2. The van der Waals surface area contributed by atoms with Gasteiger partial charge < -0.3 is 14.6 Å². The van der Waals surface area contributed by atoms with Crippen LogP contribution in [-0.2, 0) is 14.3 Å². The molecule has 0 amide bonds. The van der Waals surface area contributed by atoms with Crippen LogP contribution in [0, 0.1) is 28.6 Å². The number of ether oxygens (including phenoxy) is 2. The monoisotopic (exact) mass is 487 g/mol. The van der Waals surface area contributed by atoms with Crippen molar-refractivity contribution in [2.45, 2.75) is 90.1 Å². The van der Waals surface area contributed by atoms with Crippen molar-refractivity contribution in [3.8, 4) is 5.88 Å². The molecule has 0 bridgehead atoms. The Kier molecular flexibility index (Phi) is 6.28. The lowest BCUT2D eigenvalue weighted by Crippen LogP contribution is -2.50. The number of rotatable bonds is 6. The van der Waals surface area contributed by atoms with Crippen LogP contribution in [0.1, 0.15) is 89.0 Å². The zero-order chi connectivity index (χ0) is 24.1. The molecule has 0 spiro atoms. The van der Waals surface area contributed by atoms with Gasteiger partial charge >= 0.3 is 11.9 Å². The van der Waals surface area contributed by atoms with Crippen LogP contribution in [0.25, 0.3) is 0 Å². The molecule has 4 aliphatic carbocycles. The van der Waals surface area contributed by atoms with Crippen LogP contribution in [0.2, 0.25) is 0 Å². The van der Waals surface area contributed by atoms with E-state index in [9.17, 15) is 9.59 Å². The lowest BCUT2D eigenvalue weighted by atomic mass is 9.47. The van der Waals surface area contributed by atoms with E-state index in [1.165, 1.54) is 36.3 Å². The molecule has 1 aromatic heterocycles. The third-order valence-corrected chi connectivity index (χ3v) is 10.8. The molecule has 0 aromatic carbocycles. The number of hydrogen-bond acceptors (Lipinski definition) is 6. The van der Waals surface area contributed by atoms with Crippen molar-refractivity contribution >= 4 is 23.3 Å². The molecule has 186 valence electrons. The summed E-state index contributed by atoms with van der Waals surface area (Å²) in [7, 11) is 1.70. The molecule has 3 saturated carbocycles. The van der Waals surface area contributed by atoms with Crippen LogP contribution in [-0.4, -0.2) is 35.2 Å². The Labute approximate surface area is 206 Å². The van der Waals surface area contributed by atoms with Crippen molar-refractivity contribution in [1.29, 1.82) is 0 Å². The third-order valence-electron chi connectivity index (χ3n) is 9.91. The maximum atomic E-state index is 12.1. The summed E-state index contributed by atoms with van der Waals surface area (Å²) in [6.07, 6.45) is 11.0. The number of nitrogens with zero attached hydrogens (tertiary/aromatic N) is 1. The number of hydrogen-bond donors (Lipinski definition) is 1. The number of allylic oxidation sites excluding steroid dienone is 1. The van der Waals surface area contributed by atoms with Gasteiger partial charge in [-0.2, -0.15) is 0 Å². The lowest BCUT2D eigenvalue weighted by Gasteiger charge is -2.58. The van der Waals surface area contributed by atoms with Gasteiger partial charge in [0, 0.05) is 12.3 Å². The molecule has 4 aliphatic rings. The molecule has 6 nitrogen and oxygen atoms in total. The number of aliphatic carboxylic acids is 1. The Morgan fingerprint density at radius 3 is 2.71 bits per heavy atom. The average Bonchev–Trinajstić information content (AvgIpc) is 3.41. The number of carboxylic acid groups (broad SMARTS) is 1. The highest BCUT2D eigenvalue weighted by Gasteiger charge is 2.59. The normalized spacial score (nSPS) is 38.8. The van der Waals surface area contributed by atoms with E-state index < -0.39 is 5.97 Å². The van der Waals surface area contributed by atoms with Crippen LogP contribution in [0.4, 0.5) is 0 Å². The Bertz CT molecular complexity index is 987. The second kappa shape index (κ2) is 8.96. The number of esters is 1. The van der Waals surface area contributed by atoms with Gasteiger partial charge in [0.1, 0.15) is 11.1 Å². The molecule has 3 fully saturated rings. The summed E-state index contributed by atoms with van der Waals surface area (Å²) in [5, 5.41) is 12.1. The van der Waals surface area contributed by atoms with E-state index in [1.54, 1.807) is 18.4 Å². The van der Waals surface area contributed by atoms with Crippen LogP contribution >= 0.6 is 11.3 Å². The summed E-state index contributed by atoms with van der Waals surface area (Å²) in [5.74, 6) is 2.08. The molecule has 2 unspecified atom stereocenters. The van der Waals surface area contributed by atoms with E-state index in [0.717, 1.165) is 37.5 Å². The molecule has 5 rings (SSSR count). The number of aromatic nitrogens is 1. The van der Waals surface area contributed by atoms with Crippen LogP contribution in [0.3, 0.4) is 0 Å². The summed E-state index contributed by atoms with van der Waals surface area (Å²) in [5.41, 5.74) is 1.97. The van der Waals surface area contributed by atoms with Gasteiger partial charge in [-0.15, -0.1) is 11.3 Å². The highest BCUT2D eigenvalue weighted by molar-refractivity contribution is 7.09. The van der Waals surface area contributed by atoms with Crippen molar-refractivity contribution in [2.24, 2.45) is 28.6 Å². The summed E-state index contributed by atoms with van der Waals surface area (Å²) >= 11 is 1.76. The van der Waals surface area contributed by atoms with E-state index in [4.69, 9.17) is 19.6 Å². The van der Waals surface area contributed by atoms with Crippen LogP contribution in [0.15, 0.2) is 17.0 Å². The standard InChI is InChI=1S/C27H37NO5S/c1-26-12-10-17(33-24(31)9-8-23(29)30)14-16(26)4-5-18-19-6-7-21(25-28-22(32-3)15-34-25)27(19,2)13-11-20(18)26/h4,15,17-21H,5-14H2,1-3H3,(H,29,30)/t17-,18-,19?,20?,21+,26-,27-/m0/s1. The fraction of sp³-hybridized carbons (Fsp3) is 0.741. The minimum atomic E-state index is -0.957. The van der Waals surface area contributed by atoms with Crippen molar-refractivity contribution < 1.29 is 24.2 Å². The second-order valence-corrected chi connectivity index (χ2v) is 12.3. The topological polar surface area (TPSA) is 85.7 Å². The van der Waals surface area contributed by atoms with E-state index in [2.05, 4.69) is 19.9 Å². The Morgan fingerprint density at radius 1 is 1.15 bits per heavy atom. The van der Waals surface area contributed by atoms with Crippen LogP contribution in [0.5, 0.6) is 5.88 Å². The quantitative estimate of drug-likeness (QED) is 0.393. The van der Waals surface area contributed by atoms with E-state index in [1.807, 2.05) is 5.38 Å². The fourth-order valence-electron chi connectivity index (χ4n) is 8.11. The zero-order valence-electron chi connectivity index (χ0n) is 20.5. The molecule has 0 saturated heterocycles. The Hall–Kier alpha value is -1.89. The number of methoxy groups -OCH3 is 1. The summed E-state index contributed by atoms with van der Waals surface area (Å²) in [4.78, 5) is 27.6. The number of thiazole rings is 1. The first kappa shape index (κ1) is 23.8. The average molecular weight is 488 g/mol. The van der Waals surface area contributed by atoms with Crippen LogP contribution < -0.4 is 4.74 Å². The van der Waals surface area contributed by atoms with Crippen molar-refractivity contribution in [1.82, 2.24) is 4.98 Å². The maximum absolute atomic E-state index is 12.1. The molecule has 7 heteroatoms. The van der Waals surface area contributed by atoms with Gasteiger partial charge in [-0.25, -0.2) is 4.98 Å². The third kappa shape index (κ3) is 3.98. The Morgan fingerprint density at radius 2 is 1.97 bits per heavy atom. The number of carbonyl (C=O) groups excluding carboxylic acids is 1. The van der Waals surface area contributed by atoms with Gasteiger partial charge in [0.05, 0.1) is 25.3 Å². The molecule has 7 atom stereocenters. The molecular formula is C27H37NO5S. The molecule has 1 heterocycles. The zero-order valence-corrected chi connectivity index (χ0v) is 21.4. The highest BCUT2D eigenvalue weighted by Crippen LogP contribution is 2.68. The number of carboxylic acids is 1. The SMILES string of the molecule is COc1csc([C@H]2CCC3[C@@H]4CC=C5C[C@@H](OC(=O)CCC(=O)O)CC[C@]5(C)C4CC[C@@]32C)n1. The molecule has 0 aliphatic heterocycles. The van der Waals surface area contributed by atoms with Crippen molar-refractivity contribution in [3.05, 3.63) is 22.0 Å². The minimum absolute atomic E-state index is 0.0424. The summed E-state index contributed by atoms with van der Waals surface area (Å²) in [6.45, 7) is 4.98. The van der Waals surface area contributed by atoms with Gasteiger partial charge in [0.25, 0.3) is 0 Å². The Balaban J connectivity index is 1.29. The molecule has 1 N–H and O–H groups in total. The second-order valence-electron chi connectivity index (χ2n) is 11.4. The minimum Gasteiger partial charge on any atom is -0.481 e. The smallest absolute Gasteiger partial charge is 0.306 e. The first-order valence-electron chi connectivity index (χ1n) is 12.8.